The Balaban J connectivity index is 2.06. The lowest BCUT2D eigenvalue weighted by molar-refractivity contribution is -0.153. The molecule has 0 N–H and O–H groups in total. The van der Waals surface area contributed by atoms with Crippen molar-refractivity contribution < 1.29 is 19.1 Å². The maximum absolute atomic E-state index is 11.8. The first-order valence-corrected chi connectivity index (χ1v) is 8.34. The maximum atomic E-state index is 11.8. The fourth-order valence-corrected chi connectivity index (χ4v) is 2.56. The summed E-state index contributed by atoms with van der Waals surface area (Å²) >= 11 is 0. The predicted octanol–water partition coefficient (Wildman–Crippen LogP) is 3.87. The van der Waals surface area contributed by atoms with Gasteiger partial charge >= 0.3 is 11.9 Å². The van der Waals surface area contributed by atoms with E-state index in [9.17, 15) is 9.59 Å². The number of hydrogen-bond acceptors (Lipinski definition) is 4. The van der Waals surface area contributed by atoms with Gasteiger partial charge in [-0.2, -0.15) is 0 Å². The van der Waals surface area contributed by atoms with Gasteiger partial charge in [-0.15, -0.1) is 0 Å². The third kappa shape index (κ3) is 8.08. The molecule has 2 atom stereocenters. The Hall–Kier alpha value is -1.06. The van der Waals surface area contributed by atoms with Gasteiger partial charge in [-0.1, -0.05) is 27.2 Å². The topological polar surface area (TPSA) is 52.6 Å². The average Bonchev–Trinajstić information content (AvgIpc) is 2.44. The van der Waals surface area contributed by atoms with Crippen LogP contribution in [-0.4, -0.2) is 24.6 Å². The molecule has 0 amide bonds. The Morgan fingerprint density at radius 3 is 2.29 bits per heavy atom. The van der Waals surface area contributed by atoms with Gasteiger partial charge in [0.2, 0.25) is 0 Å². The molecule has 0 aliphatic heterocycles. The third-order valence-corrected chi connectivity index (χ3v) is 3.91. The van der Waals surface area contributed by atoms with Gasteiger partial charge in [0.15, 0.2) is 0 Å². The number of hydrogen-bond donors (Lipinski definition) is 0. The minimum Gasteiger partial charge on any atom is -0.465 e. The zero-order chi connectivity index (χ0) is 15.7. The molecule has 21 heavy (non-hydrogen) atoms. The second-order valence-electron chi connectivity index (χ2n) is 6.57. The first-order valence-electron chi connectivity index (χ1n) is 8.34. The molecule has 0 aromatic carbocycles. The fraction of sp³-hybridized carbons (Fsp3) is 0.882. The molecule has 0 saturated heterocycles. The van der Waals surface area contributed by atoms with Crippen LogP contribution < -0.4 is 0 Å². The van der Waals surface area contributed by atoms with E-state index in [-0.39, 0.29) is 18.0 Å². The van der Waals surface area contributed by atoms with Crippen molar-refractivity contribution in [2.75, 3.05) is 6.61 Å². The first kappa shape index (κ1) is 18.0. The van der Waals surface area contributed by atoms with Crippen molar-refractivity contribution in [1.82, 2.24) is 0 Å². The second-order valence-corrected chi connectivity index (χ2v) is 6.57. The van der Waals surface area contributed by atoms with E-state index in [1.807, 2.05) is 13.8 Å². The predicted molar refractivity (Wildman–Crippen MR) is 81.8 cm³/mol. The van der Waals surface area contributed by atoms with E-state index in [1.165, 1.54) is 6.42 Å². The summed E-state index contributed by atoms with van der Waals surface area (Å²) in [4.78, 5) is 23.2. The zero-order valence-electron chi connectivity index (χ0n) is 13.7. The molecule has 0 heterocycles. The Morgan fingerprint density at radius 1 is 1.05 bits per heavy atom. The second kappa shape index (κ2) is 9.80. The Morgan fingerprint density at radius 2 is 1.67 bits per heavy atom. The Labute approximate surface area is 128 Å². The van der Waals surface area contributed by atoms with E-state index in [4.69, 9.17) is 9.47 Å². The van der Waals surface area contributed by atoms with E-state index in [0.29, 0.717) is 44.1 Å². The summed E-state index contributed by atoms with van der Waals surface area (Å²) in [5, 5.41) is 0. The van der Waals surface area contributed by atoms with Crippen molar-refractivity contribution in [3.05, 3.63) is 0 Å². The van der Waals surface area contributed by atoms with Crippen molar-refractivity contribution in [2.24, 2.45) is 11.8 Å². The molecule has 1 aliphatic rings. The van der Waals surface area contributed by atoms with Crippen molar-refractivity contribution in [3.63, 3.8) is 0 Å². The summed E-state index contributed by atoms with van der Waals surface area (Å²) in [6, 6.07) is 0. The van der Waals surface area contributed by atoms with Crippen LogP contribution in [0.3, 0.4) is 0 Å². The van der Waals surface area contributed by atoms with Crippen molar-refractivity contribution in [3.8, 4) is 0 Å². The van der Waals surface area contributed by atoms with Gasteiger partial charge in [-0.25, -0.2) is 0 Å². The van der Waals surface area contributed by atoms with Crippen LogP contribution in [0.5, 0.6) is 0 Å². The molecule has 0 bridgehead atoms. The summed E-state index contributed by atoms with van der Waals surface area (Å²) in [5.41, 5.74) is 0. The molecule has 1 rings (SSSR count). The average molecular weight is 298 g/mol. The Bertz CT molecular complexity index is 325. The van der Waals surface area contributed by atoms with Crippen LogP contribution in [0.15, 0.2) is 0 Å². The van der Waals surface area contributed by atoms with Crippen LogP contribution in [0.1, 0.15) is 72.1 Å². The number of carbonyl (C=O) groups is 2. The lowest BCUT2D eigenvalue weighted by atomic mass is 9.88. The van der Waals surface area contributed by atoms with Crippen LogP contribution in [-0.2, 0) is 19.1 Å². The van der Waals surface area contributed by atoms with Crippen LogP contribution in [0, 0.1) is 11.8 Å². The number of carbonyl (C=O) groups excluding carboxylic acids is 2. The van der Waals surface area contributed by atoms with E-state index in [1.54, 1.807) is 0 Å². The summed E-state index contributed by atoms with van der Waals surface area (Å²) in [6.07, 6.45) is 6.82. The number of ether oxygens (including phenoxy) is 2. The third-order valence-electron chi connectivity index (χ3n) is 3.91. The Kier molecular flexibility index (Phi) is 8.40. The summed E-state index contributed by atoms with van der Waals surface area (Å²) in [6.45, 7) is 6.65. The molecule has 4 nitrogen and oxygen atoms in total. The highest BCUT2D eigenvalue weighted by Crippen LogP contribution is 2.26. The normalized spacial score (nSPS) is 22.1. The largest absolute Gasteiger partial charge is 0.465 e. The number of esters is 2. The molecular weight excluding hydrogens is 268 g/mol. The summed E-state index contributed by atoms with van der Waals surface area (Å²) in [7, 11) is 0. The van der Waals surface area contributed by atoms with Crippen molar-refractivity contribution in [2.45, 2.75) is 78.2 Å². The van der Waals surface area contributed by atoms with Crippen LogP contribution in [0.25, 0.3) is 0 Å². The van der Waals surface area contributed by atoms with Crippen LogP contribution in [0.2, 0.25) is 0 Å². The highest BCUT2D eigenvalue weighted by atomic mass is 16.5. The van der Waals surface area contributed by atoms with Gasteiger partial charge < -0.3 is 9.47 Å². The lowest BCUT2D eigenvalue weighted by Crippen LogP contribution is -2.28. The molecule has 0 spiro atoms. The first-order chi connectivity index (χ1) is 9.99. The van der Waals surface area contributed by atoms with E-state index in [2.05, 4.69) is 6.92 Å². The molecule has 0 aromatic rings. The fourth-order valence-electron chi connectivity index (χ4n) is 2.56. The van der Waals surface area contributed by atoms with Gasteiger partial charge in [-0.05, 0) is 43.9 Å². The van der Waals surface area contributed by atoms with E-state index >= 15 is 0 Å². The molecule has 4 heteroatoms. The van der Waals surface area contributed by atoms with Crippen molar-refractivity contribution in [1.29, 1.82) is 0 Å². The maximum Gasteiger partial charge on any atom is 0.306 e. The zero-order valence-corrected chi connectivity index (χ0v) is 13.7. The van der Waals surface area contributed by atoms with Crippen LogP contribution in [0.4, 0.5) is 0 Å². The van der Waals surface area contributed by atoms with Gasteiger partial charge in [0.1, 0.15) is 6.10 Å². The standard InChI is InChI=1S/C17H30O4/c1-13(2)12-20-16(18)10-6-7-11-17(19)21-15-9-5-4-8-14(15)3/h13-15H,4-12H2,1-3H3. The smallest absolute Gasteiger partial charge is 0.306 e. The van der Waals surface area contributed by atoms with E-state index in [0.717, 1.165) is 19.3 Å². The number of rotatable bonds is 8. The molecular formula is C17H30O4. The molecule has 2 unspecified atom stereocenters. The molecule has 1 fully saturated rings. The highest BCUT2D eigenvalue weighted by Gasteiger charge is 2.24. The van der Waals surface area contributed by atoms with Gasteiger partial charge in [0.05, 0.1) is 6.61 Å². The molecule has 0 radical (unpaired) electrons. The minimum absolute atomic E-state index is 0.0993. The molecule has 1 aliphatic carbocycles. The van der Waals surface area contributed by atoms with E-state index < -0.39 is 0 Å². The lowest BCUT2D eigenvalue weighted by Gasteiger charge is -2.28. The highest BCUT2D eigenvalue weighted by molar-refractivity contribution is 5.70. The van der Waals surface area contributed by atoms with Gasteiger partial charge in [0.25, 0.3) is 0 Å². The molecule has 1 saturated carbocycles. The SMILES string of the molecule is CC(C)COC(=O)CCCCC(=O)OC1CCCCC1C. The molecule has 0 aromatic heterocycles. The van der Waals surface area contributed by atoms with Gasteiger partial charge in [0, 0.05) is 12.8 Å². The summed E-state index contributed by atoms with van der Waals surface area (Å²) < 4.78 is 10.6. The molecule has 122 valence electrons. The monoisotopic (exact) mass is 298 g/mol. The number of unbranched alkanes of at least 4 members (excludes halogenated alkanes) is 1. The quantitative estimate of drug-likeness (QED) is 0.504. The van der Waals surface area contributed by atoms with Crippen LogP contribution >= 0.6 is 0 Å². The summed E-state index contributed by atoms with van der Waals surface area (Å²) in [5.74, 6) is 0.553. The minimum atomic E-state index is -0.169. The van der Waals surface area contributed by atoms with Crippen molar-refractivity contribution >= 4 is 11.9 Å². The van der Waals surface area contributed by atoms with Gasteiger partial charge in [-0.3, -0.25) is 9.59 Å².